The predicted molar refractivity (Wildman–Crippen MR) is 56.4 cm³/mol. The zero-order valence-electron chi connectivity index (χ0n) is 8.72. The Morgan fingerprint density at radius 3 is 3.20 bits per heavy atom. The van der Waals surface area contributed by atoms with Gasteiger partial charge in [-0.2, -0.15) is 5.10 Å². The maximum atomic E-state index is 8.80. The number of nitrogens with zero attached hydrogens (tertiary/aromatic N) is 2. The normalized spacial score (nSPS) is 21.0. The van der Waals surface area contributed by atoms with Crippen LogP contribution in [0.1, 0.15) is 12.1 Å². The van der Waals surface area contributed by atoms with Gasteiger partial charge in [0.15, 0.2) is 0 Å². The second kappa shape index (κ2) is 4.63. The minimum atomic E-state index is 0.0673. The van der Waals surface area contributed by atoms with Crippen molar-refractivity contribution >= 4 is 5.82 Å². The highest BCUT2D eigenvalue weighted by molar-refractivity contribution is 5.31. The molecule has 1 aliphatic heterocycles. The molecule has 1 aromatic heterocycles. The van der Waals surface area contributed by atoms with E-state index in [0.29, 0.717) is 18.3 Å². The lowest BCUT2D eigenvalue weighted by molar-refractivity contribution is 0.185. The molecular weight excluding hydrogens is 194 g/mol. The molecule has 1 unspecified atom stereocenters. The number of ether oxygens (including phenoxy) is 1. The summed E-state index contributed by atoms with van der Waals surface area (Å²) in [5, 5.41) is 13.1. The minimum absolute atomic E-state index is 0.0673. The van der Waals surface area contributed by atoms with E-state index < -0.39 is 0 Å². The highest BCUT2D eigenvalue weighted by Gasteiger charge is 2.17. The Bertz CT molecular complexity index is 318. The van der Waals surface area contributed by atoms with Crippen molar-refractivity contribution < 1.29 is 9.84 Å². The van der Waals surface area contributed by atoms with E-state index in [-0.39, 0.29) is 6.61 Å². The van der Waals surface area contributed by atoms with Crippen molar-refractivity contribution in [1.82, 2.24) is 9.78 Å². The molecule has 0 amide bonds. The van der Waals surface area contributed by atoms with Crippen molar-refractivity contribution in [2.75, 3.05) is 25.6 Å². The van der Waals surface area contributed by atoms with Gasteiger partial charge in [-0.05, 0) is 18.8 Å². The van der Waals surface area contributed by atoms with Crippen LogP contribution in [0.5, 0.6) is 0 Å². The first-order chi connectivity index (χ1) is 7.29. The number of aliphatic hydroxyl groups is 1. The number of hydrogen-bond acceptors (Lipinski definition) is 4. The Morgan fingerprint density at radius 1 is 1.67 bits per heavy atom. The van der Waals surface area contributed by atoms with Gasteiger partial charge >= 0.3 is 0 Å². The molecule has 0 radical (unpaired) electrons. The zero-order chi connectivity index (χ0) is 10.7. The maximum absolute atomic E-state index is 8.80. The van der Waals surface area contributed by atoms with Crippen LogP contribution in [0.3, 0.4) is 0 Å². The van der Waals surface area contributed by atoms with Gasteiger partial charge in [-0.1, -0.05) is 0 Å². The van der Waals surface area contributed by atoms with Crippen molar-refractivity contribution in [3.05, 3.63) is 11.8 Å². The molecular formula is C10H17N3O2. The fraction of sp³-hybridized carbons (Fsp3) is 0.700. The van der Waals surface area contributed by atoms with E-state index >= 15 is 0 Å². The van der Waals surface area contributed by atoms with E-state index in [1.807, 2.05) is 6.07 Å². The molecule has 3 N–H and O–H groups in total. The Morgan fingerprint density at radius 2 is 2.53 bits per heavy atom. The molecule has 1 atom stereocenters. The first-order valence-electron chi connectivity index (χ1n) is 5.30. The smallest absolute Gasteiger partial charge is 0.122 e. The highest BCUT2D eigenvalue weighted by Crippen LogP contribution is 2.18. The Kier molecular flexibility index (Phi) is 3.23. The first kappa shape index (κ1) is 10.4. The molecule has 0 bridgehead atoms. The molecule has 1 saturated heterocycles. The van der Waals surface area contributed by atoms with Crippen LogP contribution < -0.4 is 5.73 Å². The summed E-state index contributed by atoms with van der Waals surface area (Å²) in [5.74, 6) is 1.19. The summed E-state index contributed by atoms with van der Waals surface area (Å²) in [4.78, 5) is 0. The molecule has 0 aliphatic carbocycles. The Balaban J connectivity index is 1.98. The quantitative estimate of drug-likeness (QED) is 0.737. The Labute approximate surface area is 88.8 Å². The molecule has 5 nitrogen and oxygen atoms in total. The lowest BCUT2D eigenvalue weighted by atomic mass is 10.0. The second-order valence-corrected chi connectivity index (χ2v) is 3.94. The number of anilines is 1. The number of rotatable bonds is 4. The van der Waals surface area contributed by atoms with Gasteiger partial charge in [0.25, 0.3) is 0 Å². The Hall–Kier alpha value is -1.07. The molecule has 1 fully saturated rings. The molecule has 84 valence electrons. The SMILES string of the molecule is Nc1cc(CC2CCOC2)nn1CCO. The van der Waals surface area contributed by atoms with E-state index in [4.69, 9.17) is 15.6 Å². The topological polar surface area (TPSA) is 73.3 Å². The van der Waals surface area contributed by atoms with Crippen molar-refractivity contribution in [1.29, 1.82) is 0 Å². The second-order valence-electron chi connectivity index (χ2n) is 3.94. The summed E-state index contributed by atoms with van der Waals surface area (Å²) in [6.07, 6.45) is 2.02. The third-order valence-corrected chi connectivity index (χ3v) is 2.70. The van der Waals surface area contributed by atoms with Crippen LogP contribution in [0, 0.1) is 5.92 Å². The van der Waals surface area contributed by atoms with Crippen LogP contribution in [-0.2, 0) is 17.7 Å². The molecule has 0 aromatic carbocycles. The molecule has 0 saturated carbocycles. The van der Waals surface area contributed by atoms with Gasteiger partial charge in [-0.25, -0.2) is 4.68 Å². The van der Waals surface area contributed by atoms with Gasteiger partial charge in [0.2, 0.25) is 0 Å². The molecule has 2 rings (SSSR count). The van der Waals surface area contributed by atoms with Crippen molar-refractivity contribution in [3.8, 4) is 0 Å². The predicted octanol–water partition coefficient (Wildman–Crippen LogP) is 0.0366. The highest BCUT2D eigenvalue weighted by atomic mass is 16.5. The lowest BCUT2D eigenvalue weighted by Gasteiger charge is -2.03. The maximum Gasteiger partial charge on any atom is 0.122 e. The third kappa shape index (κ3) is 2.49. The zero-order valence-corrected chi connectivity index (χ0v) is 8.72. The van der Waals surface area contributed by atoms with E-state index in [1.54, 1.807) is 4.68 Å². The third-order valence-electron chi connectivity index (χ3n) is 2.70. The van der Waals surface area contributed by atoms with Crippen LogP contribution in [-0.4, -0.2) is 34.7 Å². The van der Waals surface area contributed by atoms with Crippen LogP contribution in [0.4, 0.5) is 5.82 Å². The molecule has 5 heteroatoms. The van der Waals surface area contributed by atoms with E-state index in [9.17, 15) is 0 Å². The number of aromatic nitrogens is 2. The van der Waals surface area contributed by atoms with Crippen LogP contribution in [0.15, 0.2) is 6.07 Å². The molecule has 15 heavy (non-hydrogen) atoms. The fourth-order valence-electron chi connectivity index (χ4n) is 1.90. The summed E-state index contributed by atoms with van der Waals surface area (Å²) in [6, 6.07) is 1.88. The average Bonchev–Trinajstić information content (AvgIpc) is 2.79. The van der Waals surface area contributed by atoms with Gasteiger partial charge in [0, 0.05) is 19.3 Å². The first-order valence-corrected chi connectivity index (χ1v) is 5.30. The number of aliphatic hydroxyl groups excluding tert-OH is 1. The summed E-state index contributed by atoms with van der Waals surface area (Å²) >= 11 is 0. The summed E-state index contributed by atoms with van der Waals surface area (Å²) < 4.78 is 6.95. The molecule has 0 spiro atoms. The lowest BCUT2D eigenvalue weighted by Crippen LogP contribution is -2.08. The van der Waals surface area contributed by atoms with E-state index in [0.717, 1.165) is 31.7 Å². The van der Waals surface area contributed by atoms with Crippen molar-refractivity contribution in [2.45, 2.75) is 19.4 Å². The fourth-order valence-corrected chi connectivity index (χ4v) is 1.90. The average molecular weight is 211 g/mol. The number of nitrogen functional groups attached to an aromatic ring is 1. The summed E-state index contributed by atoms with van der Waals surface area (Å²) in [5.41, 5.74) is 6.76. The van der Waals surface area contributed by atoms with Gasteiger partial charge in [0.05, 0.1) is 18.8 Å². The monoisotopic (exact) mass is 211 g/mol. The van der Waals surface area contributed by atoms with E-state index in [2.05, 4.69) is 5.10 Å². The summed E-state index contributed by atoms with van der Waals surface area (Å²) in [6.45, 7) is 2.22. The van der Waals surface area contributed by atoms with Gasteiger partial charge in [-0.15, -0.1) is 0 Å². The molecule has 1 aromatic rings. The van der Waals surface area contributed by atoms with Gasteiger partial charge in [-0.3, -0.25) is 0 Å². The standard InChI is InChI=1S/C10H17N3O2/c11-10-6-9(12-13(10)2-3-14)5-8-1-4-15-7-8/h6,8,14H,1-5,7,11H2. The van der Waals surface area contributed by atoms with Crippen molar-refractivity contribution in [3.63, 3.8) is 0 Å². The molecule has 1 aliphatic rings. The van der Waals surface area contributed by atoms with Crippen LogP contribution >= 0.6 is 0 Å². The summed E-state index contributed by atoms with van der Waals surface area (Å²) in [7, 11) is 0. The minimum Gasteiger partial charge on any atom is -0.394 e. The van der Waals surface area contributed by atoms with Gasteiger partial charge in [0.1, 0.15) is 5.82 Å². The van der Waals surface area contributed by atoms with Gasteiger partial charge < -0.3 is 15.6 Å². The van der Waals surface area contributed by atoms with Crippen LogP contribution in [0.25, 0.3) is 0 Å². The van der Waals surface area contributed by atoms with E-state index in [1.165, 1.54) is 0 Å². The number of hydrogen-bond donors (Lipinski definition) is 2. The van der Waals surface area contributed by atoms with Crippen molar-refractivity contribution in [2.24, 2.45) is 5.92 Å². The van der Waals surface area contributed by atoms with Crippen LogP contribution in [0.2, 0.25) is 0 Å². The molecule has 2 heterocycles. The largest absolute Gasteiger partial charge is 0.394 e. The number of nitrogens with two attached hydrogens (primary N) is 1.